The first-order chi connectivity index (χ1) is 9.12. The molecule has 5 N–H and O–H groups in total. The fourth-order valence-corrected chi connectivity index (χ4v) is 1.58. The highest BCUT2D eigenvalue weighted by molar-refractivity contribution is 5.95. The van der Waals surface area contributed by atoms with Gasteiger partial charge in [-0.1, -0.05) is 13.8 Å². The average molecular weight is 289 g/mol. The Bertz CT molecular complexity index is 486. The molecule has 1 amide bonds. The summed E-state index contributed by atoms with van der Waals surface area (Å²) in [7, 11) is 0. The van der Waals surface area contributed by atoms with Crippen LogP contribution >= 0.6 is 0 Å². The van der Waals surface area contributed by atoms with Crippen molar-refractivity contribution in [3.8, 4) is 0 Å². The topological polar surface area (TPSA) is 81.1 Å². The maximum atomic E-state index is 12.9. The predicted octanol–water partition coefficient (Wildman–Crippen LogP) is 2.20. The van der Waals surface area contributed by atoms with Crippen molar-refractivity contribution in [2.75, 3.05) is 11.9 Å². The number of rotatable bonds is 5. The molecule has 0 fully saturated rings. The van der Waals surface area contributed by atoms with Crippen LogP contribution in [-0.4, -0.2) is 18.5 Å². The molecule has 1 rings (SSSR count). The number of halogens is 3. The molecule has 0 saturated heterocycles. The number of nitrogens with two attached hydrogens (primary N) is 2. The summed E-state index contributed by atoms with van der Waals surface area (Å²) in [5.74, 6) is -0.905. The van der Waals surface area contributed by atoms with E-state index < -0.39 is 23.2 Å². The fourth-order valence-electron chi connectivity index (χ4n) is 1.58. The molecule has 0 aliphatic carbocycles. The van der Waals surface area contributed by atoms with Gasteiger partial charge >= 0.3 is 6.18 Å². The van der Waals surface area contributed by atoms with Gasteiger partial charge < -0.3 is 16.8 Å². The van der Waals surface area contributed by atoms with Gasteiger partial charge in [-0.05, 0) is 24.1 Å². The molecule has 0 bridgehead atoms. The number of carbonyl (C=O) groups excluding carboxylic acids is 1. The van der Waals surface area contributed by atoms with Crippen molar-refractivity contribution in [1.29, 1.82) is 0 Å². The lowest BCUT2D eigenvalue weighted by atomic mass is 10.0. The van der Waals surface area contributed by atoms with Crippen molar-refractivity contribution in [1.82, 2.24) is 0 Å². The number of nitrogens with one attached hydrogen (secondary N) is 1. The van der Waals surface area contributed by atoms with Gasteiger partial charge in [0.1, 0.15) is 0 Å². The van der Waals surface area contributed by atoms with Crippen LogP contribution in [0.3, 0.4) is 0 Å². The second kappa shape index (κ2) is 6.13. The van der Waals surface area contributed by atoms with Crippen LogP contribution in [0.2, 0.25) is 0 Å². The van der Waals surface area contributed by atoms with E-state index in [1.165, 1.54) is 6.07 Å². The molecule has 4 nitrogen and oxygen atoms in total. The SMILES string of the molecule is CC(C)C(N)CNc1ccc(C(N)=O)c(C(F)(F)F)c1. The molecule has 112 valence electrons. The van der Waals surface area contributed by atoms with Crippen LogP contribution in [0.4, 0.5) is 18.9 Å². The molecular weight excluding hydrogens is 271 g/mol. The number of carbonyl (C=O) groups is 1. The summed E-state index contributed by atoms with van der Waals surface area (Å²) in [4.78, 5) is 11.0. The van der Waals surface area contributed by atoms with Crippen LogP contribution in [0.25, 0.3) is 0 Å². The molecule has 0 saturated carbocycles. The number of primary amides is 1. The summed E-state index contributed by atoms with van der Waals surface area (Å²) in [6.07, 6.45) is -4.64. The molecule has 1 atom stereocenters. The van der Waals surface area contributed by atoms with E-state index in [0.717, 1.165) is 12.1 Å². The van der Waals surface area contributed by atoms with Crippen molar-refractivity contribution in [2.45, 2.75) is 26.1 Å². The number of hydrogen-bond donors (Lipinski definition) is 3. The minimum Gasteiger partial charge on any atom is -0.383 e. The van der Waals surface area contributed by atoms with E-state index in [0.29, 0.717) is 6.54 Å². The standard InChI is InChI=1S/C13H18F3N3O/c1-7(2)11(17)6-19-8-3-4-9(12(18)20)10(5-8)13(14,15)16/h3-5,7,11,19H,6,17H2,1-2H3,(H2,18,20). The van der Waals surface area contributed by atoms with Crippen molar-refractivity contribution in [3.63, 3.8) is 0 Å². The molecule has 0 aliphatic heterocycles. The summed E-state index contributed by atoms with van der Waals surface area (Å²) >= 11 is 0. The van der Waals surface area contributed by atoms with E-state index >= 15 is 0 Å². The van der Waals surface area contributed by atoms with Crippen LogP contribution in [0, 0.1) is 5.92 Å². The second-order valence-electron chi connectivity index (χ2n) is 4.91. The summed E-state index contributed by atoms with van der Waals surface area (Å²) in [5.41, 5.74) is 9.41. The first-order valence-electron chi connectivity index (χ1n) is 6.13. The Morgan fingerprint density at radius 2 is 1.95 bits per heavy atom. The third-order valence-corrected chi connectivity index (χ3v) is 2.99. The Morgan fingerprint density at radius 3 is 2.40 bits per heavy atom. The molecule has 0 spiro atoms. The number of hydrogen-bond acceptors (Lipinski definition) is 3. The monoisotopic (exact) mass is 289 g/mol. The van der Waals surface area contributed by atoms with E-state index in [1.807, 2.05) is 13.8 Å². The van der Waals surface area contributed by atoms with Gasteiger partial charge in [0, 0.05) is 18.3 Å². The molecule has 0 aliphatic rings. The zero-order valence-electron chi connectivity index (χ0n) is 11.3. The molecule has 20 heavy (non-hydrogen) atoms. The molecule has 7 heteroatoms. The number of alkyl halides is 3. The predicted molar refractivity (Wildman–Crippen MR) is 71.3 cm³/mol. The van der Waals surface area contributed by atoms with Crippen LogP contribution in [-0.2, 0) is 6.18 Å². The van der Waals surface area contributed by atoms with Gasteiger partial charge in [-0.3, -0.25) is 4.79 Å². The van der Waals surface area contributed by atoms with Gasteiger partial charge in [0.25, 0.3) is 0 Å². The average Bonchev–Trinajstić information content (AvgIpc) is 2.34. The summed E-state index contributed by atoms with van der Waals surface area (Å²) in [5, 5.41) is 2.83. The van der Waals surface area contributed by atoms with Gasteiger partial charge in [-0.15, -0.1) is 0 Å². The fraction of sp³-hybridized carbons (Fsp3) is 0.462. The highest BCUT2D eigenvalue weighted by Gasteiger charge is 2.35. The van der Waals surface area contributed by atoms with Crippen LogP contribution in [0.15, 0.2) is 18.2 Å². The van der Waals surface area contributed by atoms with Crippen LogP contribution in [0.1, 0.15) is 29.8 Å². The first kappa shape index (κ1) is 16.3. The van der Waals surface area contributed by atoms with Gasteiger partial charge in [0.2, 0.25) is 5.91 Å². The smallest absolute Gasteiger partial charge is 0.383 e. The Balaban J connectivity index is 2.99. The zero-order chi connectivity index (χ0) is 15.5. The highest BCUT2D eigenvalue weighted by Crippen LogP contribution is 2.33. The second-order valence-corrected chi connectivity index (χ2v) is 4.91. The van der Waals surface area contributed by atoms with Crippen molar-refractivity contribution < 1.29 is 18.0 Å². The summed E-state index contributed by atoms with van der Waals surface area (Å²) < 4.78 is 38.6. The van der Waals surface area contributed by atoms with E-state index in [-0.39, 0.29) is 17.6 Å². The summed E-state index contributed by atoms with van der Waals surface area (Å²) in [6.45, 7) is 4.18. The molecule has 0 radical (unpaired) electrons. The minimum absolute atomic E-state index is 0.180. The molecule has 0 heterocycles. The lowest BCUT2D eigenvalue weighted by molar-refractivity contribution is -0.137. The van der Waals surface area contributed by atoms with E-state index in [2.05, 4.69) is 5.32 Å². The van der Waals surface area contributed by atoms with Crippen molar-refractivity contribution >= 4 is 11.6 Å². The van der Waals surface area contributed by atoms with Crippen LogP contribution in [0.5, 0.6) is 0 Å². The molecule has 1 unspecified atom stereocenters. The third-order valence-electron chi connectivity index (χ3n) is 2.99. The van der Waals surface area contributed by atoms with E-state index in [4.69, 9.17) is 11.5 Å². The molecule has 1 aromatic carbocycles. The molecule has 1 aromatic rings. The first-order valence-corrected chi connectivity index (χ1v) is 6.13. The maximum Gasteiger partial charge on any atom is 0.417 e. The Hall–Kier alpha value is -1.76. The maximum absolute atomic E-state index is 12.9. The van der Waals surface area contributed by atoms with Gasteiger partial charge in [-0.25, -0.2) is 0 Å². The van der Waals surface area contributed by atoms with Crippen LogP contribution < -0.4 is 16.8 Å². The number of benzene rings is 1. The summed E-state index contributed by atoms with van der Waals surface area (Å²) in [6, 6.07) is 3.13. The zero-order valence-corrected chi connectivity index (χ0v) is 11.3. The Labute approximate surface area is 115 Å². The van der Waals surface area contributed by atoms with E-state index in [9.17, 15) is 18.0 Å². The van der Waals surface area contributed by atoms with Gasteiger partial charge in [-0.2, -0.15) is 13.2 Å². The highest BCUT2D eigenvalue weighted by atomic mass is 19.4. The normalized spacial score (nSPS) is 13.3. The van der Waals surface area contributed by atoms with Crippen molar-refractivity contribution in [3.05, 3.63) is 29.3 Å². The lowest BCUT2D eigenvalue weighted by Gasteiger charge is -2.18. The van der Waals surface area contributed by atoms with Gasteiger partial charge in [0.05, 0.1) is 11.1 Å². The van der Waals surface area contributed by atoms with E-state index in [1.54, 1.807) is 0 Å². The number of amides is 1. The largest absolute Gasteiger partial charge is 0.417 e. The quantitative estimate of drug-likeness (QED) is 0.777. The van der Waals surface area contributed by atoms with Gasteiger partial charge in [0.15, 0.2) is 0 Å². The van der Waals surface area contributed by atoms with Crippen molar-refractivity contribution in [2.24, 2.45) is 17.4 Å². The lowest BCUT2D eigenvalue weighted by Crippen LogP contribution is -2.34. The molecular formula is C13H18F3N3O. The Morgan fingerprint density at radius 1 is 1.35 bits per heavy atom. The third kappa shape index (κ3) is 4.12. The Kier molecular flexibility index (Phi) is 4.99. The minimum atomic E-state index is -4.64. The number of anilines is 1. The molecule has 0 aromatic heterocycles.